The fraction of sp³-hybridized carbons (Fsp3) is 0.409. The van der Waals surface area contributed by atoms with Gasteiger partial charge in [-0.05, 0) is 45.1 Å². The molecule has 124 valence electrons. The van der Waals surface area contributed by atoms with Gasteiger partial charge in [0, 0.05) is 17.6 Å². The minimum atomic E-state index is 0.0740. The SMILES string of the molecule is CC1C(C)(C)c2ccc(C3=C(C=O)C=CC(=C=O)C3)cc2C1(C)C. The first kappa shape index (κ1) is 16.7. The van der Waals surface area contributed by atoms with Crippen molar-refractivity contribution in [1.82, 2.24) is 0 Å². The quantitative estimate of drug-likeness (QED) is 0.591. The molecule has 1 aromatic rings. The van der Waals surface area contributed by atoms with Gasteiger partial charge in [0.1, 0.15) is 12.2 Å². The molecule has 2 heteroatoms. The average Bonchev–Trinajstić information content (AvgIpc) is 2.72. The van der Waals surface area contributed by atoms with E-state index in [0.717, 1.165) is 17.4 Å². The number of hydrogen-bond donors (Lipinski definition) is 0. The summed E-state index contributed by atoms with van der Waals surface area (Å²) in [6, 6.07) is 6.52. The van der Waals surface area contributed by atoms with Crippen molar-refractivity contribution in [2.75, 3.05) is 0 Å². The highest BCUT2D eigenvalue weighted by molar-refractivity contribution is 5.94. The first-order valence-electron chi connectivity index (χ1n) is 8.49. The van der Waals surface area contributed by atoms with Gasteiger partial charge in [-0.25, -0.2) is 4.79 Å². The number of rotatable bonds is 2. The van der Waals surface area contributed by atoms with Gasteiger partial charge in [0.15, 0.2) is 0 Å². The number of carbonyl (C=O) groups is 1. The van der Waals surface area contributed by atoms with E-state index in [4.69, 9.17) is 0 Å². The van der Waals surface area contributed by atoms with Crippen LogP contribution in [0, 0.1) is 5.92 Å². The molecule has 2 nitrogen and oxygen atoms in total. The van der Waals surface area contributed by atoms with Crippen LogP contribution in [0.5, 0.6) is 0 Å². The van der Waals surface area contributed by atoms with E-state index < -0.39 is 0 Å². The van der Waals surface area contributed by atoms with Crippen LogP contribution in [-0.4, -0.2) is 12.2 Å². The van der Waals surface area contributed by atoms with Gasteiger partial charge in [-0.1, -0.05) is 58.9 Å². The number of hydrogen-bond acceptors (Lipinski definition) is 2. The Hall–Kier alpha value is -2.18. The number of aldehydes is 1. The van der Waals surface area contributed by atoms with E-state index in [1.807, 2.05) is 5.94 Å². The zero-order chi connectivity index (χ0) is 17.7. The molecule has 0 aliphatic heterocycles. The molecule has 24 heavy (non-hydrogen) atoms. The molecular formula is C22H24O2. The molecule has 0 saturated carbocycles. The van der Waals surface area contributed by atoms with E-state index in [2.05, 4.69) is 52.8 Å². The van der Waals surface area contributed by atoms with Gasteiger partial charge in [-0.15, -0.1) is 0 Å². The van der Waals surface area contributed by atoms with Gasteiger partial charge in [-0.2, -0.15) is 0 Å². The van der Waals surface area contributed by atoms with Gasteiger partial charge in [-0.3, -0.25) is 4.79 Å². The van der Waals surface area contributed by atoms with Crippen LogP contribution < -0.4 is 0 Å². The zero-order valence-corrected chi connectivity index (χ0v) is 15.1. The molecule has 0 aromatic heterocycles. The summed E-state index contributed by atoms with van der Waals surface area (Å²) in [6.45, 7) is 11.5. The molecule has 2 aliphatic rings. The molecule has 0 spiro atoms. The Morgan fingerprint density at radius 2 is 1.75 bits per heavy atom. The molecule has 1 unspecified atom stereocenters. The standard InChI is InChI=1S/C22H24O2/c1-14-21(2,3)19-9-8-16(11-20(19)22(14,4)5)18-10-15(12-23)6-7-17(18)13-24/h6-9,11,13-14H,10H2,1-5H3. The highest BCUT2D eigenvalue weighted by Gasteiger charge is 2.48. The van der Waals surface area contributed by atoms with Crippen molar-refractivity contribution in [3.8, 4) is 0 Å². The second-order valence-corrected chi connectivity index (χ2v) is 8.11. The van der Waals surface area contributed by atoms with Crippen LogP contribution in [0.2, 0.25) is 0 Å². The number of fused-ring (bicyclic) bond motifs is 1. The monoisotopic (exact) mass is 320 g/mol. The molecule has 0 fully saturated rings. The Labute approximate surface area is 144 Å². The first-order chi connectivity index (χ1) is 11.2. The maximum atomic E-state index is 11.4. The number of carbonyl (C=O) groups excluding carboxylic acids is 2. The van der Waals surface area contributed by atoms with Gasteiger partial charge in [0.25, 0.3) is 0 Å². The highest BCUT2D eigenvalue weighted by atomic mass is 16.1. The predicted molar refractivity (Wildman–Crippen MR) is 97.6 cm³/mol. The maximum Gasteiger partial charge on any atom is 0.150 e. The van der Waals surface area contributed by atoms with E-state index in [9.17, 15) is 9.59 Å². The average molecular weight is 320 g/mol. The van der Waals surface area contributed by atoms with Crippen LogP contribution in [0.1, 0.15) is 57.7 Å². The van der Waals surface area contributed by atoms with Crippen molar-refractivity contribution < 1.29 is 9.59 Å². The second-order valence-electron chi connectivity index (χ2n) is 8.11. The molecule has 1 aromatic carbocycles. The van der Waals surface area contributed by atoms with Gasteiger partial charge in [0.05, 0.1) is 0 Å². The van der Waals surface area contributed by atoms with Crippen LogP contribution >= 0.6 is 0 Å². The summed E-state index contributed by atoms with van der Waals surface area (Å²) in [5.74, 6) is 2.49. The lowest BCUT2D eigenvalue weighted by atomic mass is 9.71. The van der Waals surface area contributed by atoms with E-state index in [1.165, 1.54) is 11.1 Å². The highest BCUT2D eigenvalue weighted by Crippen LogP contribution is 2.54. The van der Waals surface area contributed by atoms with Crippen LogP contribution in [-0.2, 0) is 20.4 Å². The smallest absolute Gasteiger partial charge is 0.150 e. The minimum Gasteiger partial charge on any atom is -0.298 e. The molecule has 0 bridgehead atoms. The fourth-order valence-corrected chi connectivity index (χ4v) is 4.29. The van der Waals surface area contributed by atoms with E-state index in [-0.39, 0.29) is 10.8 Å². The van der Waals surface area contributed by atoms with Gasteiger partial charge >= 0.3 is 0 Å². The Bertz CT molecular complexity index is 828. The molecule has 2 aliphatic carbocycles. The van der Waals surface area contributed by atoms with Crippen molar-refractivity contribution in [2.24, 2.45) is 5.92 Å². The third-order valence-corrected chi connectivity index (χ3v) is 6.36. The molecule has 0 saturated heterocycles. The van der Waals surface area contributed by atoms with Crippen molar-refractivity contribution in [1.29, 1.82) is 0 Å². The largest absolute Gasteiger partial charge is 0.298 e. The summed E-state index contributed by atoms with van der Waals surface area (Å²) in [5, 5.41) is 0. The van der Waals surface area contributed by atoms with Crippen molar-refractivity contribution in [3.63, 3.8) is 0 Å². The summed E-state index contributed by atoms with van der Waals surface area (Å²) in [6.07, 6.45) is 4.74. The number of benzene rings is 1. The molecule has 1 atom stereocenters. The molecule has 0 radical (unpaired) electrons. The summed E-state index contributed by atoms with van der Waals surface area (Å²) in [7, 11) is 0. The van der Waals surface area contributed by atoms with Crippen molar-refractivity contribution in [3.05, 3.63) is 58.2 Å². The maximum absolute atomic E-state index is 11.4. The Kier molecular flexibility index (Phi) is 3.77. The minimum absolute atomic E-state index is 0.0740. The van der Waals surface area contributed by atoms with Gasteiger partial charge < -0.3 is 0 Å². The fourth-order valence-electron chi connectivity index (χ4n) is 4.29. The molecule has 0 N–H and O–H groups in total. The summed E-state index contributed by atoms with van der Waals surface area (Å²) >= 11 is 0. The topological polar surface area (TPSA) is 34.1 Å². The summed E-state index contributed by atoms with van der Waals surface area (Å²) in [5.41, 5.74) is 6.12. The van der Waals surface area contributed by atoms with Crippen LogP contribution in [0.3, 0.4) is 0 Å². The third-order valence-electron chi connectivity index (χ3n) is 6.36. The zero-order valence-electron chi connectivity index (χ0n) is 15.1. The Balaban J connectivity index is 2.19. The summed E-state index contributed by atoms with van der Waals surface area (Å²) < 4.78 is 0. The van der Waals surface area contributed by atoms with Crippen LogP contribution in [0.25, 0.3) is 5.57 Å². The van der Waals surface area contributed by atoms with Crippen molar-refractivity contribution in [2.45, 2.75) is 51.9 Å². The number of allylic oxidation sites excluding steroid dienone is 5. The van der Waals surface area contributed by atoms with Crippen LogP contribution in [0.15, 0.2) is 41.5 Å². The first-order valence-corrected chi connectivity index (χ1v) is 8.49. The third kappa shape index (κ3) is 2.25. The lowest BCUT2D eigenvalue weighted by Gasteiger charge is -2.32. The molecule has 0 heterocycles. The molecular weight excluding hydrogens is 296 g/mol. The molecule has 3 rings (SSSR count). The Morgan fingerprint density at radius 1 is 1.08 bits per heavy atom. The normalized spacial score (nSPS) is 23.9. The Morgan fingerprint density at radius 3 is 2.38 bits per heavy atom. The van der Waals surface area contributed by atoms with E-state index >= 15 is 0 Å². The lowest BCUT2D eigenvalue weighted by molar-refractivity contribution is -0.104. The lowest BCUT2D eigenvalue weighted by Crippen LogP contribution is -2.30. The second kappa shape index (κ2) is 5.43. The van der Waals surface area contributed by atoms with E-state index in [0.29, 0.717) is 23.5 Å². The van der Waals surface area contributed by atoms with Crippen molar-refractivity contribution >= 4 is 17.8 Å². The van der Waals surface area contributed by atoms with Crippen LogP contribution in [0.4, 0.5) is 0 Å². The van der Waals surface area contributed by atoms with E-state index in [1.54, 1.807) is 12.2 Å². The van der Waals surface area contributed by atoms with Gasteiger partial charge in [0.2, 0.25) is 0 Å². The predicted octanol–water partition coefficient (Wildman–Crippen LogP) is 4.56. The molecule has 0 amide bonds. The summed E-state index contributed by atoms with van der Waals surface area (Å²) in [4.78, 5) is 22.5.